The molecule has 7 nitrogen and oxygen atoms in total. The molecule has 0 aromatic carbocycles. The Hall–Kier alpha value is -2.15. The molecule has 0 bridgehead atoms. The highest BCUT2D eigenvalue weighted by Gasteiger charge is 2.33. The lowest BCUT2D eigenvalue weighted by Crippen LogP contribution is -2.59. The average molecular weight is 292 g/mol. The van der Waals surface area contributed by atoms with Gasteiger partial charge in [0.2, 0.25) is 5.91 Å². The van der Waals surface area contributed by atoms with Gasteiger partial charge in [0.1, 0.15) is 6.04 Å². The summed E-state index contributed by atoms with van der Waals surface area (Å²) in [6, 6.07) is 2.37. The van der Waals surface area contributed by atoms with Crippen LogP contribution in [0.15, 0.2) is 23.1 Å². The number of amides is 2. The van der Waals surface area contributed by atoms with Crippen LogP contribution in [0.4, 0.5) is 0 Å². The van der Waals surface area contributed by atoms with Crippen LogP contribution in [0.25, 0.3) is 0 Å². The maximum Gasteiger partial charge on any atom is 0.254 e. The first kappa shape index (κ1) is 15.2. The van der Waals surface area contributed by atoms with Crippen molar-refractivity contribution in [2.45, 2.75) is 6.04 Å². The van der Waals surface area contributed by atoms with E-state index in [1.807, 2.05) is 0 Å². The zero-order chi connectivity index (χ0) is 15.6. The summed E-state index contributed by atoms with van der Waals surface area (Å²) in [7, 11) is 4.95. The van der Waals surface area contributed by atoms with Crippen LogP contribution in [0.1, 0.15) is 10.4 Å². The average Bonchev–Trinajstić information content (AvgIpc) is 2.48. The van der Waals surface area contributed by atoms with Crippen molar-refractivity contribution in [1.29, 1.82) is 0 Å². The van der Waals surface area contributed by atoms with Gasteiger partial charge in [0.25, 0.3) is 11.5 Å². The number of hydrogen-bond donors (Lipinski definition) is 1. The highest BCUT2D eigenvalue weighted by atomic mass is 16.2. The standard InChI is InChI=1S/C14H20N4O3/c1-16(2)14(21)11-9-15-5-7-18(11)13(20)10-4-6-17(3)12(19)8-10/h4,6,8,11,15H,5,7,9H2,1-3H3. The minimum Gasteiger partial charge on any atom is -0.347 e. The van der Waals surface area contributed by atoms with Gasteiger partial charge in [0.15, 0.2) is 0 Å². The van der Waals surface area contributed by atoms with Gasteiger partial charge >= 0.3 is 0 Å². The lowest BCUT2D eigenvalue weighted by Gasteiger charge is -2.36. The third kappa shape index (κ3) is 3.13. The van der Waals surface area contributed by atoms with Crippen molar-refractivity contribution >= 4 is 11.8 Å². The molecular formula is C14H20N4O3. The number of nitrogens with zero attached hydrogens (tertiary/aromatic N) is 3. The van der Waals surface area contributed by atoms with Crippen LogP contribution in [0.3, 0.4) is 0 Å². The van der Waals surface area contributed by atoms with Crippen molar-refractivity contribution in [2.24, 2.45) is 7.05 Å². The molecule has 1 unspecified atom stereocenters. The fraction of sp³-hybridized carbons (Fsp3) is 0.500. The highest BCUT2D eigenvalue weighted by Crippen LogP contribution is 2.11. The molecular weight excluding hydrogens is 272 g/mol. The molecule has 21 heavy (non-hydrogen) atoms. The number of pyridine rings is 1. The van der Waals surface area contributed by atoms with Crippen molar-refractivity contribution in [2.75, 3.05) is 33.7 Å². The zero-order valence-electron chi connectivity index (χ0n) is 12.5. The second-order valence-electron chi connectivity index (χ2n) is 5.32. The summed E-state index contributed by atoms with van der Waals surface area (Å²) in [4.78, 5) is 39.4. The van der Waals surface area contributed by atoms with Gasteiger partial charge in [0.05, 0.1) is 0 Å². The molecule has 2 heterocycles. The molecule has 1 aliphatic rings. The van der Waals surface area contributed by atoms with E-state index in [4.69, 9.17) is 0 Å². The van der Waals surface area contributed by atoms with E-state index in [2.05, 4.69) is 5.32 Å². The second kappa shape index (κ2) is 6.09. The number of piperazine rings is 1. The van der Waals surface area contributed by atoms with Crippen molar-refractivity contribution in [1.82, 2.24) is 19.7 Å². The lowest BCUT2D eigenvalue weighted by molar-refractivity contribution is -0.134. The fourth-order valence-electron chi connectivity index (χ4n) is 2.31. The van der Waals surface area contributed by atoms with E-state index in [0.29, 0.717) is 25.2 Å². The zero-order valence-corrected chi connectivity index (χ0v) is 12.5. The first-order valence-corrected chi connectivity index (χ1v) is 6.81. The van der Waals surface area contributed by atoms with Crippen molar-refractivity contribution in [3.8, 4) is 0 Å². The van der Waals surface area contributed by atoms with E-state index in [9.17, 15) is 14.4 Å². The third-order valence-corrected chi connectivity index (χ3v) is 3.58. The minimum absolute atomic E-state index is 0.126. The maximum atomic E-state index is 12.6. The number of nitrogens with one attached hydrogen (secondary N) is 1. The molecule has 1 aliphatic heterocycles. The molecule has 1 N–H and O–H groups in total. The number of carbonyl (C=O) groups excluding carboxylic acids is 2. The predicted octanol–water partition coefficient (Wildman–Crippen LogP) is -1.11. The predicted molar refractivity (Wildman–Crippen MR) is 78.1 cm³/mol. The van der Waals surface area contributed by atoms with Gasteiger partial charge in [0, 0.05) is 58.6 Å². The largest absolute Gasteiger partial charge is 0.347 e. The third-order valence-electron chi connectivity index (χ3n) is 3.58. The van der Waals surface area contributed by atoms with Gasteiger partial charge in [-0.1, -0.05) is 0 Å². The number of rotatable bonds is 2. The lowest BCUT2D eigenvalue weighted by atomic mass is 10.1. The van der Waals surface area contributed by atoms with Gasteiger partial charge in [-0.3, -0.25) is 14.4 Å². The van der Waals surface area contributed by atoms with Gasteiger partial charge in [-0.05, 0) is 6.07 Å². The first-order valence-electron chi connectivity index (χ1n) is 6.81. The summed E-state index contributed by atoms with van der Waals surface area (Å²) >= 11 is 0. The molecule has 0 saturated carbocycles. The van der Waals surface area contributed by atoms with Crippen LogP contribution in [0.2, 0.25) is 0 Å². The van der Waals surface area contributed by atoms with Gasteiger partial charge in [-0.2, -0.15) is 0 Å². The molecule has 114 valence electrons. The number of likely N-dealkylation sites (N-methyl/N-ethyl adjacent to an activating group) is 1. The summed E-state index contributed by atoms with van der Waals surface area (Å²) in [6.45, 7) is 1.50. The van der Waals surface area contributed by atoms with Crippen molar-refractivity contribution in [3.05, 3.63) is 34.2 Å². The van der Waals surface area contributed by atoms with Crippen LogP contribution in [-0.2, 0) is 11.8 Å². The van der Waals surface area contributed by atoms with E-state index in [1.165, 1.54) is 20.4 Å². The van der Waals surface area contributed by atoms with E-state index in [0.717, 1.165) is 0 Å². The molecule has 2 amide bonds. The Balaban J connectivity index is 2.28. The molecule has 0 spiro atoms. The summed E-state index contributed by atoms with van der Waals surface area (Å²) in [6.07, 6.45) is 1.56. The Morgan fingerprint density at radius 3 is 2.71 bits per heavy atom. The molecule has 1 fully saturated rings. The van der Waals surface area contributed by atoms with Gasteiger partial charge in [-0.25, -0.2) is 0 Å². The SMILES string of the molecule is CN(C)C(=O)C1CNCCN1C(=O)c1ccn(C)c(=O)c1. The van der Waals surface area contributed by atoms with E-state index >= 15 is 0 Å². The Bertz CT molecular complexity index is 608. The monoisotopic (exact) mass is 292 g/mol. The molecule has 1 aromatic rings. The van der Waals surface area contributed by atoms with Crippen LogP contribution < -0.4 is 10.9 Å². The van der Waals surface area contributed by atoms with E-state index in [1.54, 1.807) is 33.4 Å². The molecule has 0 radical (unpaired) electrons. The summed E-state index contributed by atoms with van der Waals surface area (Å²) in [5, 5.41) is 3.12. The molecule has 1 aromatic heterocycles. The fourth-order valence-corrected chi connectivity index (χ4v) is 2.31. The summed E-state index contributed by atoms with van der Waals surface area (Å²) < 4.78 is 1.40. The summed E-state index contributed by atoms with van der Waals surface area (Å²) in [5.41, 5.74) is 0.0722. The van der Waals surface area contributed by atoms with Crippen LogP contribution in [0, 0.1) is 0 Å². The smallest absolute Gasteiger partial charge is 0.254 e. The van der Waals surface area contributed by atoms with Gasteiger partial charge < -0.3 is 19.7 Å². The quantitative estimate of drug-likeness (QED) is 0.750. The van der Waals surface area contributed by atoms with Crippen LogP contribution >= 0.6 is 0 Å². The molecule has 1 saturated heterocycles. The van der Waals surface area contributed by atoms with Crippen LogP contribution in [-0.4, -0.2) is 66.0 Å². The molecule has 0 aliphatic carbocycles. The van der Waals surface area contributed by atoms with Crippen molar-refractivity contribution in [3.63, 3.8) is 0 Å². The number of aromatic nitrogens is 1. The normalized spacial score (nSPS) is 18.4. The molecule has 7 heteroatoms. The molecule has 2 rings (SSSR count). The van der Waals surface area contributed by atoms with E-state index < -0.39 is 6.04 Å². The number of hydrogen-bond acceptors (Lipinski definition) is 4. The number of aryl methyl sites for hydroxylation is 1. The first-order chi connectivity index (χ1) is 9.91. The highest BCUT2D eigenvalue weighted by molar-refractivity contribution is 5.97. The second-order valence-corrected chi connectivity index (χ2v) is 5.32. The number of carbonyl (C=O) groups is 2. The Morgan fingerprint density at radius 2 is 2.10 bits per heavy atom. The molecule has 1 atom stereocenters. The summed E-state index contributed by atoms with van der Waals surface area (Å²) in [5.74, 6) is -0.409. The van der Waals surface area contributed by atoms with Crippen molar-refractivity contribution < 1.29 is 9.59 Å². The maximum absolute atomic E-state index is 12.6. The topological polar surface area (TPSA) is 74.7 Å². The van der Waals surface area contributed by atoms with E-state index in [-0.39, 0.29) is 17.4 Å². The van der Waals surface area contributed by atoms with Crippen LogP contribution in [0.5, 0.6) is 0 Å². The Labute approximate surface area is 123 Å². The Kier molecular flexibility index (Phi) is 4.42. The Morgan fingerprint density at radius 1 is 1.38 bits per heavy atom. The van der Waals surface area contributed by atoms with Gasteiger partial charge in [-0.15, -0.1) is 0 Å². The minimum atomic E-state index is -0.537.